The first-order chi connectivity index (χ1) is 14.0. The molecule has 4 N–H and O–H groups in total. The first-order valence-corrected chi connectivity index (χ1v) is 9.81. The summed E-state index contributed by atoms with van der Waals surface area (Å²) in [6.45, 7) is 6.42. The van der Waals surface area contributed by atoms with Crippen molar-refractivity contribution in [2.24, 2.45) is 0 Å². The Kier molecular flexibility index (Phi) is 6.97. The maximum absolute atomic E-state index is 12.8. The highest BCUT2D eigenvalue weighted by molar-refractivity contribution is 5.34. The molecule has 7 nitrogen and oxygen atoms in total. The molecule has 0 aliphatic rings. The second-order valence-electron chi connectivity index (χ2n) is 7.02. The monoisotopic (exact) mass is 392 g/mol. The van der Waals surface area contributed by atoms with Gasteiger partial charge in [0.15, 0.2) is 5.82 Å². The van der Waals surface area contributed by atoms with Crippen molar-refractivity contribution >= 4 is 11.6 Å². The van der Waals surface area contributed by atoms with Gasteiger partial charge in [0.1, 0.15) is 5.82 Å². The Hall–Kier alpha value is -3.19. The first kappa shape index (κ1) is 20.5. The topological polar surface area (TPSA) is 97.9 Å². The predicted molar refractivity (Wildman–Crippen MR) is 117 cm³/mol. The summed E-state index contributed by atoms with van der Waals surface area (Å²) in [5.41, 5.74) is 9.68. The van der Waals surface area contributed by atoms with Crippen LogP contribution in [0.25, 0.3) is 0 Å². The predicted octanol–water partition coefficient (Wildman–Crippen LogP) is 2.28. The average Bonchev–Trinajstić information content (AvgIpc) is 2.71. The van der Waals surface area contributed by atoms with E-state index < -0.39 is 0 Å². The van der Waals surface area contributed by atoms with Gasteiger partial charge in [0.2, 0.25) is 0 Å². The molecule has 1 aromatic carbocycles. The van der Waals surface area contributed by atoms with Gasteiger partial charge < -0.3 is 20.9 Å². The van der Waals surface area contributed by atoms with E-state index in [9.17, 15) is 4.79 Å². The van der Waals surface area contributed by atoms with Crippen molar-refractivity contribution in [2.75, 3.05) is 24.1 Å². The van der Waals surface area contributed by atoms with Gasteiger partial charge in [-0.25, -0.2) is 9.97 Å². The number of rotatable bonds is 9. The Bertz CT molecular complexity index is 1000. The molecular formula is C22H28N6O. The number of hydrogen-bond donors (Lipinski definition) is 3. The van der Waals surface area contributed by atoms with Gasteiger partial charge in [-0.05, 0) is 37.5 Å². The summed E-state index contributed by atoms with van der Waals surface area (Å²) in [5, 5.41) is 6.54. The molecule has 0 aliphatic carbocycles. The lowest BCUT2D eigenvalue weighted by atomic mass is 10.1. The minimum absolute atomic E-state index is 0.0924. The lowest BCUT2D eigenvalue weighted by molar-refractivity contribution is 0.571. The number of pyridine rings is 1. The van der Waals surface area contributed by atoms with E-state index in [4.69, 9.17) is 5.73 Å². The van der Waals surface area contributed by atoms with Gasteiger partial charge in [0.05, 0.1) is 0 Å². The Labute approximate surface area is 171 Å². The van der Waals surface area contributed by atoms with Crippen LogP contribution in [0.2, 0.25) is 0 Å². The van der Waals surface area contributed by atoms with Crippen LogP contribution in [0.5, 0.6) is 0 Å². The molecule has 7 heteroatoms. The van der Waals surface area contributed by atoms with Gasteiger partial charge in [-0.2, -0.15) is 0 Å². The maximum Gasteiger partial charge on any atom is 0.293 e. The maximum atomic E-state index is 12.8. The van der Waals surface area contributed by atoms with Gasteiger partial charge in [-0.1, -0.05) is 36.4 Å². The molecule has 3 aromatic rings. The van der Waals surface area contributed by atoms with E-state index in [-0.39, 0.29) is 5.56 Å². The zero-order valence-electron chi connectivity index (χ0n) is 17.0. The van der Waals surface area contributed by atoms with Gasteiger partial charge in [-0.15, -0.1) is 0 Å². The molecule has 152 valence electrons. The van der Waals surface area contributed by atoms with E-state index in [1.54, 1.807) is 16.8 Å². The standard InChI is InChI=1S/C22H28N6O/c1-16-14-26-21(25-11-10-18-6-4-3-5-7-18)22(29)28(16)13-12-24-15-19-8-9-20(23)27-17(19)2/h3-9,14,24H,10-13,15H2,1-2H3,(H2,23,27)(H,25,26). The van der Waals surface area contributed by atoms with Crippen LogP contribution >= 0.6 is 0 Å². The Balaban J connectivity index is 1.54. The number of nitrogens with one attached hydrogen (secondary N) is 2. The van der Waals surface area contributed by atoms with Crippen LogP contribution in [0, 0.1) is 13.8 Å². The summed E-state index contributed by atoms with van der Waals surface area (Å²) >= 11 is 0. The number of nitrogens with two attached hydrogens (primary N) is 1. The van der Waals surface area contributed by atoms with Gasteiger partial charge in [0, 0.05) is 43.8 Å². The molecule has 0 aliphatic heterocycles. The second kappa shape index (κ2) is 9.84. The molecule has 0 fully saturated rings. The Morgan fingerprint density at radius 1 is 1.07 bits per heavy atom. The zero-order chi connectivity index (χ0) is 20.6. The van der Waals surface area contributed by atoms with E-state index in [1.807, 2.05) is 38.1 Å². The van der Waals surface area contributed by atoms with E-state index in [0.717, 1.165) is 23.4 Å². The van der Waals surface area contributed by atoms with Crippen LogP contribution in [0.4, 0.5) is 11.6 Å². The number of nitrogen functional groups attached to an aromatic ring is 1. The molecule has 0 atom stereocenters. The van der Waals surface area contributed by atoms with Crippen LogP contribution in [0.3, 0.4) is 0 Å². The first-order valence-electron chi connectivity index (χ1n) is 9.81. The van der Waals surface area contributed by atoms with Gasteiger partial charge >= 0.3 is 0 Å². The van der Waals surface area contributed by atoms with Crippen molar-refractivity contribution in [2.45, 2.75) is 33.4 Å². The van der Waals surface area contributed by atoms with Crippen LogP contribution in [-0.4, -0.2) is 27.6 Å². The van der Waals surface area contributed by atoms with E-state index in [1.165, 1.54) is 5.56 Å². The van der Waals surface area contributed by atoms with Crippen molar-refractivity contribution in [3.8, 4) is 0 Å². The number of benzene rings is 1. The molecule has 0 amide bonds. The van der Waals surface area contributed by atoms with Crippen molar-refractivity contribution in [3.05, 3.63) is 81.5 Å². The lowest BCUT2D eigenvalue weighted by Gasteiger charge is -2.13. The van der Waals surface area contributed by atoms with Gasteiger partial charge in [0.25, 0.3) is 5.56 Å². The fraction of sp³-hybridized carbons (Fsp3) is 0.318. The van der Waals surface area contributed by atoms with Gasteiger partial charge in [-0.3, -0.25) is 4.79 Å². The number of aromatic nitrogens is 3. The second-order valence-corrected chi connectivity index (χ2v) is 7.02. The quantitative estimate of drug-likeness (QED) is 0.483. The molecule has 0 spiro atoms. The number of aryl methyl sites for hydroxylation is 2. The molecule has 0 bridgehead atoms. The number of hydrogen-bond acceptors (Lipinski definition) is 6. The third-order valence-electron chi connectivity index (χ3n) is 4.85. The minimum Gasteiger partial charge on any atom is -0.384 e. The molecule has 0 saturated heterocycles. The Morgan fingerprint density at radius 2 is 1.86 bits per heavy atom. The normalized spacial score (nSPS) is 10.8. The number of anilines is 2. The summed E-state index contributed by atoms with van der Waals surface area (Å²) in [5.74, 6) is 0.919. The molecule has 2 heterocycles. The largest absolute Gasteiger partial charge is 0.384 e. The summed E-state index contributed by atoms with van der Waals surface area (Å²) in [4.78, 5) is 21.3. The zero-order valence-corrected chi connectivity index (χ0v) is 17.0. The number of nitrogens with zero attached hydrogens (tertiary/aromatic N) is 3. The van der Waals surface area contributed by atoms with E-state index in [0.29, 0.717) is 37.8 Å². The third kappa shape index (κ3) is 5.65. The highest BCUT2D eigenvalue weighted by atomic mass is 16.1. The van der Waals surface area contributed by atoms with Crippen LogP contribution < -0.4 is 21.9 Å². The van der Waals surface area contributed by atoms with Crippen molar-refractivity contribution < 1.29 is 0 Å². The SMILES string of the molecule is Cc1nc(N)ccc1CNCCn1c(C)cnc(NCCc2ccccc2)c1=O. The highest BCUT2D eigenvalue weighted by Gasteiger charge is 2.08. The Morgan fingerprint density at radius 3 is 2.62 bits per heavy atom. The summed E-state index contributed by atoms with van der Waals surface area (Å²) in [7, 11) is 0. The van der Waals surface area contributed by atoms with Crippen molar-refractivity contribution in [3.63, 3.8) is 0 Å². The summed E-state index contributed by atoms with van der Waals surface area (Å²) in [6.07, 6.45) is 2.58. The molecule has 3 rings (SSSR count). The van der Waals surface area contributed by atoms with E-state index >= 15 is 0 Å². The van der Waals surface area contributed by atoms with Crippen LogP contribution in [-0.2, 0) is 19.5 Å². The smallest absolute Gasteiger partial charge is 0.293 e. The van der Waals surface area contributed by atoms with Crippen molar-refractivity contribution in [1.82, 2.24) is 19.9 Å². The summed E-state index contributed by atoms with van der Waals surface area (Å²) in [6, 6.07) is 14.0. The van der Waals surface area contributed by atoms with Crippen LogP contribution in [0.15, 0.2) is 53.5 Å². The molecule has 2 aromatic heterocycles. The molecule has 0 saturated carbocycles. The lowest BCUT2D eigenvalue weighted by Crippen LogP contribution is -2.31. The van der Waals surface area contributed by atoms with Crippen LogP contribution in [0.1, 0.15) is 22.5 Å². The molecular weight excluding hydrogens is 364 g/mol. The van der Waals surface area contributed by atoms with E-state index in [2.05, 4.69) is 32.7 Å². The molecule has 0 unspecified atom stereocenters. The highest BCUT2D eigenvalue weighted by Crippen LogP contribution is 2.07. The molecule has 0 radical (unpaired) electrons. The summed E-state index contributed by atoms with van der Waals surface area (Å²) < 4.78 is 1.75. The molecule has 29 heavy (non-hydrogen) atoms. The third-order valence-corrected chi connectivity index (χ3v) is 4.85. The van der Waals surface area contributed by atoms with Crippen molar-refractivity contribution in [1.29, 1.82) is 0 Å². The fourth-order valence-corrected chi connectivity index (χ4v) is 3.15. The fourth-order valence-electron chi connectivity index (χ4n) is 3.15. The average molecular weight is 393 g/mol. The minimum atomic E-state index is -0.0924.